The molecule has 0 aromatic heterocycles. The Morgan fingerprint density at radius 3 is 2.40 bits per heavy atom. The van der Waals surface area contributed by atoms with Gasteiger partial charge in [-0.2, -0.15) is 0 Å². The number of halogens is 1. The van der Waals surface area contributed by atoms with Gasteiger partial charge in [-0.15, -0.1) is 0 Å². The minimum atomic E-state index is -1.37. The van der Waals surface area contributed by atoms with Crippen molar-refractivity contribution in [3.05, 3.63) is 29.1 Å². The fraction of sp³-hybridized carbons (Fsp3) is 0.385. The topological polar surface area (TPSA) is 110 Å². The second kappa shape index (κ2) is 5.46. The Balaban J connectivity index is 3.38. The van der Waals surface area contributed by atoms with Gasteiger partial charge in [0.15, 0.2) is 11.6 Å². The van der Waals surface area contributed by atoms with Gasteiger partial charge in [0, 0.05) is 11.6 Å². The van der Waals surface area contributed by atoms with E-state index >= 15 is 0 Å². The smallest absolute Gasteiger partial charge is 0.335 e. The highest BCUT2D eigenvalue weighted by Gasteiger charge is 2.38. The Kier molecular flexibility index (Phi) is 4.34. The number of phenolic OH excluding ortho intramolecular Hbond substituents is 1. The molecule has 0 fully saturated rings. The number of carboxylic acids is 1. The van der Waals surface area contributed by atoms with E-state index in [1.165, 1.54) is 21.0 Å². The molecule has 1 rings (SSSR count). The normalized spacial score (nSPS) is 12.8. The molecule has 0 aliphatic rings. The average Bonchev–Trinajstić information content (AvgIpc) is 2.39. The summed E-state index contributed by atoms with van der Waals surface area (Å²) in [7, 11) is 1.17. The van der Waals surface area contributed by atoms with E-state index < -0.39 is 35.0 Å². The van der Waals surface area contributed by atoms with Crippen LogP contribution in [0.4, 0.5) is 4.39 Å². The van der Waals surface area contributed by atoms with Crippen LogP contribution in [-0.4, -0.2) is 29.3 Å². The summed E-state index contributed by atoms with van der Waals surface area (Å²) in [6.07, 6.45) is 0. The van der Waals surface area contributed by atoms with Crippen molar-refractivity contribution in [3.8, 4) is 5.75 Å². The first-order chi connectivity index (χ1) is 9.12. The van der Waals surface area contributed by atoms with E-state index in [0.717, 1.165) is 6.07 Å². The summed E-state index contributed by atoms with van der Waals surface area (Å²) in [5, 5.41) is 18.6. The van der Waals surface area contributed by atoms with Gasteiger partial charge in [0.05, 0.1) is 18.1 Å². The van der Waals surface area contributed by atoms with Crippen LogP contribution in [0.1, 0.15) is 35.8 Å². The summed E-state index contributed by atoms with van der Waals surface area (Å²) in [6, 6.07) is 0.582. The van der Waals surface area contributed by atoms with Crippen LogP contribution < -0.4 is 5.73 Å². The van der Waals surface area contributed by atoms with Crippen LogP contribution in [0.25, 0.3) is 0 Å². The molecule has 0 saturated carbocycles. The highest BCUT2D eigenvalue weighted by Crippen LogP contribution is 2.38. The van der Waals surface area contributed by atoms with E-state index in [1.54, 1.807) is 0 Å². The van der Waals surface area contributed by atoms with Gasteiger partial charge >= 0.3 is 11.9 Å². The van der Waals surface area contributed by atoms with Crippen LogP contribution in [0.3, 0.4) is 0 Å². The number of rotatable bonds is 4. The van der Waals surface area contributed by atoms with Gasteiger partial charge in [0.2, 0.25) is 0 Å². The molecular weight excluding hydrogens is 269 g/mol. The van der Waals surface area contributed by atoms with E-state index in [2.05, 4.69) is 4.74 Å². The molecule has 0 heterocycles. The number of carbonyl (C=O) groups excluding carboxylic acids is 1. The van der Waals surface area contributed by atoms with Gasteiger partial charge in [-0.3, -0.25) is 4.79 Å². The number of ether oxygens (including phenoxy) is 1. The Bertz CT molecular complexity index is 556. The second-order valence-corrected chi connectivity index (χ2v) is 4.89. The predicted octanol–water partition coefficient (Wildman–Crippen LogP) is 1.43. The zero-order valence-corrected chi connectivity index (χ0v) is 11.3. The molecule has 1 aromatic rings. The third-order valence-corrected chi connectivity index (χ3v) is 3.16. The van der Waals surface area contributed by atoms with Crippen molar-refractivity contribution in [2.75, 3.05) is 7.11 Å². The number of benzene rings is 1. The summed E-state index contributed by atoms with van der Waals surface area (Å²) in [6.45, 7) is 2.91. The van der Waals surface area contributed by atoms with Crippen molar-refractivity contribution < 1.29 is 28.9 Å². The van der Waals surface area contributed by atoms with Crippen molar-refractivity contribution in [2.24, 2.45) is 11.1 Å². The number of nitrogens with two attached hydrogens (primary N) is 1. The van der Waals surface area contributed by atoms with E-state index in [4.69, 9.17) is 10.8 Å². The van der Waals surface area contributed by atoms with Gasteiger partial charge in [0.25, 0.3) is 0 Å². The first-order valence-corrected chi connectivity index (χ1v) is 5.72. The molecule has 110 valence electrons. The first-order valence-electron chi connectivity index (χ1n) is 5.72. The summed E-state index contributed by atoms with van der Waals surface area (Å²) >= 11 is 0. The van der Waals surface area contributed by atoms with Crippen molar-refractivity contribution in [1.29, 1.82) is 0 Å². The molecule has 1 atom stereocenters. The molecule has 0 amide bonds. The highest BCUT2D eigenvalue weighted by atomic mass is 19.1. The van der Waals surface area contributed by atoms with Crippen LogP contribution in [0, 0.1) is 11.2 Å². The lowest BCUT2D eigenvalue weighted by molar-refractivity contribution is -0.152. The highest BCUT2D eigenvalue weighted by molar-refractivity contribution is 5.88. The molecule has 0 radical (unpaired) electrons. The minimum absolute atomic E-state index is 0.169. The third kappa shape index (κ3) is 2.72. The molecule has 4 N–H and O–H groups in total. The Morgan fingerprint density at radius 2 is 1.95 bits per heavy atom. The number of hydrogen-bond donors (Lipinski definition) is 3. The molecule has 0 aliphatic heterocycles. The maximum Gasteiger partial charge on any atom is 0.335 e. The molecule has 0 bridgehead atoms. The largest absolute Gasteiger partial charge is 0.505 e. The first kappa shape index (κ1) is 15.9. The zero-order valence-electron chi connectivity index (χ0n) is 11.3. The molecule has 0 unspecified atom stereocenters. The summed E-state index contributed by atoms with van der Waals surface area (Å²) < 4.78 is 18.1. The molecule has 7 heteroatoms. The van der Waals surface area contributed by atoms with Gasteiger partial charge in [-0.25, -0.2) is 9.18 Å². The van der Waals surface area contributed by atoms with E-state index in [9.17, 15) is 19.1 Å². The Morgan fingerprint density at radius 1 is 1.40 bits per heavy atom. The third-order valence-electron chi connectivity index (χ3n) is 3.16. The lowest BCUT2D eigenvalue weighted by atomic mass is 9.80. The van der Waals surface area contributed by atoms with Crippen LogP contribution in [0.2, 0.25) is 0 Å². The molecule has 6 nitrogen and oxygen atoms in total. The van der Waals surface area contributed by atoms with Gasteiger partial charge in [0.1, 0.15) is 0 Å². The van der Waals surface area contributed by atoms with E-state index in [-0.39, 0.29) is 11.1 Å². The molecular formula is C13H16FNO5. The summed E-state index contributed by atoms with van der Waals surface area (Å²) in [5.41, 5.74) is 4.06. The fourth-order valence-electron chi connectivity index (χ4n) is 1.76. The number of carboxylic acid groups (broad SMARTS) is 1. The number of aromatic hydroxyl groups is 1. The van der Waals surface area contributed by atoms with Gasteiger partial charge in [-0.05, 0) is 26.0 Å². The Labute approximate surface area is 115 Å². The van der Waals surface area contributed by atoms with Crippen LogP contribution in [0.15, 0.2) is 12.1 Å². The lowest BCUT2D eigenvalue weighted by Gasteiger charge is -2.29. The van der Waals surface area contributed by atoms with Gasteiger partial charge < -0.3 is 20.7 Å². The molecule has 1 aromatic carbocycles. The maximum atomic E-state index is 13.5. The lowest BCUT2D eigenvalue weighted by Crippen LogP contribution is -2.37. The van der Waals surface area contributed by atoms with Crippen molar-refractivity contribution >= 4 is 11.9 Å². The predicted molar refractivity (Wildman–Crippen MR) is 67.7 cm³/mol. The SMILES string of the molecule is COC(=O)C(C)(C)[C@@H](N)c1cc(C(=O)O)cc(F)c1O. The number of esters is 1. The number of hydrogen-bond acceptors (Lipinski definition) is 5. The van der Waals surface area contributed by atoms with Crippen LogP contribution >= 0.6 is 0 Å². The quantitative estimate of drug-likeness (QED) is 0.722. The van der Waals surface area contributed by atoms with Gasteiger partial charge in [-0.1, -0.05) is 0 Å². The monoisotopic (exact) mass is 285 g/mol. The minimum Gasteiger partial charge on any atom is -0.505 e. The van der Waals surface area contributed by atoms with Crippen molar-refractivity contribution in [1.82, 2.24) is 0 Å². The standard InChI is InChI=1S/C13H16FNO5/c1-13(2,12(19)20-3)10(15)7-4-6(11(17)18)5-8(14)9(7)16/h4-5,10,16H,15H2,1-3H3,(H,17,18)/t10-/m0/s1. The molecule has 20 heavy (non-hydrogen) atoms. The number of phenols is 1. The average molecular weight is 285 g/mol. The number of aromatic carboxylic acids is 1. The summed E-state index contributed by atoms with van der Waals surface area (Å²) in [5.74, 6) is -3.92. The van der Waals surface area contributed by atoms with Crippen molar-refractivity contribution in [3.63, 3.8) is 0 Å². The second-order valence-electron chi connectivity index (χ2n) is 4.89. The Hall–Kier alpha value is -2.15. The number of methoxy groups -OCH3 is 1. The molecule has 0 saturated heterocycles. The number of carbonyl (C=O) groups is 2. The van der Waals surface area contributed by atoms with Crippen LogP contribution in [0.5, 0.6) is 5.75 Å². The molecule has 0 spiro atoms. The van der Waals surface area contributed by atoms with Crippen molar-refractivity contribution in [2.45, 2.75) is 19.9 Å². The van der Waals surface area contributed by atoms with E-state index in [1.807, 2.05) is 0 Å². The zero-order chi connectivity index (χ0) is 15.7. The van der Waals surface area contributed by atoms with E-state index in [0.29, 0.717) is 6.07 Å². The fourth-order valence-corrected chi connectivity index (χ4v) is 1.76. The maximum absolute atomic E-state index is 13.5. The summed E-state index contributed by atoms with van der Waals surface area (Å²) in [4.78, 5) is 22.6. The van der Waals surface area contributed by atoms with Crippen LogP contribution in [-0.2, 0) is 9.53 Å². The molecule has 0 aliphatic carbocycles.